The van der Waals surface area contributed by atoms with Crippen molar-refractivity contribution in [1.29, 1.82) is 0 Å². The van der Waals surface area contributed by atoms with Gasteiger partial charge in [-0.3, -0.25) is 0 Å². The van der Waals surface area contributed by atoms with Crippen LogP contribution in [0.2, 0.25) is 0 Å². The van der Waals surface area contributed by atoms with Crippen molar-refractivity contribution in [3.05, 3.63) is 29.3 Å². The van der Waals surface area contributed by atoms with Crippen LogP contribution in [0.1, 0.15) is 18.1 Å². The molecule has 0 unspecified atom stereocenters. The van der Waals surface area contributed by atoms with Gasteiger partial charge in [-0.05, 0) is 23.6 Å². The lowest BCUT2D eigenvalue weighted by molar-refractivity contribution is -0.137. The van der Waals surface area contributed by atoms with Gasteiger partial charge in [0.1, 0.15) is 0 Å². The first kappa shape index (κ1) is 12.2. The number of benzene rings is 1. The summed E-state index contributed by atoms with van der Waals surface area (Å²) in [5.41, 5.74) is 5.58. The monoisotopic (exact) mass is 244 g/mol. The van der Waals surface area contributed by atoms with Crippen LogP contribution in [0.3, 0.4) is 0 Å². The molecule has 0 bridgehead atoms. The largest absolute Gasteiger partial charge is 0.418 e. The summed E-state index contributed by atoms with van der Waals surface area (Å²) < 4.78 is 38.7. The Labute approximate surface area is 98.2 Å². The minimum absolute atomic E-state index is 0.125. The highest BCUT2D eigenvalue weighted by Crippen LogP contribution is 2.39. The second kappa shape index (κ2) is 4.22. The number of nitrogens with zero attached hydrogens (tertiary/aromatic N) is 1. The molecule has 2 rings (SSSR count). The number of hydrogen-bond donors (Lipinski definition) is 1. The van der Waals surface area contributed by atoms with Gasteiger partial charge in [-0.25, -0.2) is 0 Å². The maximum Gasteiger partial charge on any atom is 0.418 e. The second-order valence-electron chi connectivity index (χ2n) is 4.56. The van der Waals surface area contributed by atoms with Crippen LogP contribution in [0.25, 0.3) is 0 Å². The van der Waals surface area contributed by atoms with Crippen molar-refractivity contribution >= 4 is 5.69 Å². The van der Waals surface area contributed by atoms with Gasteiger partial charge in [0.2, 0.25) is 0 Å². The molecule has 1 heterocycles. The van der Waals surface area contributed by atoms with Gasteiger partial charge in [-0.15, -0.1) is 0 Å². The average molecular weight is 244 g/mol. The lowest BCUT2D eigenvalue weighted by Crippen LogP contribution is -2.46. The van der Waals surface area contributed by atoms with Crippen LogP contribution in [0.5, 0.6) is 0 Å². The second-order valence-corrected chi connectivity index (χ2v) is 4.56. The van der Waals surface area contributed by atoms with Crippen LogP contribution < -0.4 is 10.6 Å². The van der Waals surface area contributed by atoms with Gasteiger partial charge in [0, 0.05) is 25.3 Å². The lowest BCUT2D eigenvalue weighted by Gasteiger charge is -2.40. The molecule has 1 aliphatic heterocycles. The summed E-state index contributed by atoms with van der Waals surface area (Å²) in [6.45, 7) is 3.52. The SMILES string of the molecule is CC1CN(c2ccc(CN)cc2C(F)(F)F)C1. The minimum atomic E-state index is -4.32. The van der Waals surface area contributed by atoms with Gasteiger partial charge in [0.15, 0.2) is 0 Å². The van der Waals surface area contributed by atoms with E-state index in [1.54, 1.807) is 11.0 Å². The average Bonchev–Trinajstić information content (AvgIpc) is 2.23. The Morgan fingerprint density at radius 1 is 1.35 bits per heavy atom. The standard InChI is InChI=1S/C12H15F3N2/c1-8-6-17(7-8)11-3-2-9(5-16)4-10(11)12(13,14)15/h2-4,8H,5-7,16H2,1H3. The predicted molar refractivity (Wildman–Crippen MR) is 60.7 cm³/mol. The number of anilines is 1. The summed E-state index contributed by atoms with van der Waals surface area (Å²) in [6, 6.07) is 4.34. The number of hydrogen-bond acceptors (Lipinski definition) is 2. The van der Waals surface area contributed by atoms with E-state index in [2.05, 4.69) is 0 Å². The Balaban J connectivity index is 2.37. The summed E-state index contributed by atoms with van der Waals surface area (Å²) in [5, 5.41) is 0. The highest BCUT2D eigenvalue weighted by atomic mass is 19.4. The van der Waals surface area contributed by atoms with Crippen molar-refractivity contribution in [2.24, 2.45) is 11.7 Å². The Kier molecular flexibility index (Phi) is 3.03. The maximum atomic E-state index is 12.9. The van der Waals surface area contributed by atoms with Crippen LogP contribution in [-0.4, -0.2) is 13.1 Å². The summed E-state index contributed by atoms with van der Waals surface area (Å²) >= 11 is 0. The third-order valence-corrected chi connectivity index (χ3v) is 3.01. The fourth-order valence-electron chi connectivity index (χ4n) is 2.11. The normalized spacial score (nSPS) is 17.1. The number of nitrogens with two attached hydrogens (primary N) is 1. The van der Waals surface area contributed by atoms with Gasteiger partial charge < -0.3 is 10.6 Å². The molecular weight excluding hydrogens is 229 g/mol. The zero-order valence-corrected chi connectivity index (χ0v) is 9.59. The summed E-state index contributed by atoms with van der Waals surface area (Å²) in [7, 11) is 0. The summed E-state index contributed by atoms with van der Waals surface area (Å²) in [6.07, 6.45) is -4.32. The topological polar surface area (TPSA) is 29.3 Å². The molecule has 0 saturated carbocycles. The molecule has 0 radical (unpaired) electrons. The molecule has 1 aliphatic rings. The van der Waals surface area contributed by atoms with Crippen LogP contribution >= 0.6 is 0 Å². The fourth-order valence-corrected chi connectivity index (χ4v) is 2.11. The van der Waals surface area contributed by atoms with Gasteiger partial charge in [-0.1, -0.05) is 13.0 Å². The van der Waals surface area contributed by atoms with Crippen LogP contribution in [-0.2, 0) is 12.7 Å². The first-order valence-electron chi connectivity index (χ1n) is 5.57. The molecule has 0 aromatic heterocycles. The number of rotatable bonds is 2. The smallest absolute Gasteiger partial charge is 0.370 e. The molecule has 0 amide bonds. The Bertz CT molecular complexity index is 409. The van der Waals surface area contributed by atoms with Crippen molar-refractivity contribution in [2.75, 3.05) is 18.0 Å². The van der Waals surface area contributed by atoms with E-state index < -0.39 is 11.7 Å². The van der Waals surface area contributed by atoms with Crippen molar-refractivity contribution in [3.63, 3.8) is 0 Å². The van der Waals surface area contributed by atoms with Crippen LogP contribution in [0.15, 0.2) is 18.2 Å². The van der Waals surface area contributed by atoms with Crippen LogP contribution in [0.4, 0.5) is 18.9 Å². The molecule has 94 valence electrons. The Hall–Kier alpha value is -1.23. The first-order chi connectivity index (χ1) is 7.91. The van der Waals surface area contributed by atoms with E-state index in [0.29, 0.717) is 24.6 Å². The third kappa shape index (κ3) is 2.39. The number of halogens is 3. The highest BCUT2D eigenvalue weighted by Gasteiger charge is 2.37. The van der Waals surface area contributed by atoms with Crippen molar-refractivity contribution in [1.82, 2.24) is 0 Å². The molecular formula is C12H15F3N2. The molecule has 1 saturated heterocycles. The van der Waals surface area contributed by atoms with E-state index in [1.165, 1.54) is 6.07 Å². The summed E-state index contributed by atoms with van der Waals surface area (Å²) in [4.78, 5) is 1.76. The zero-order chi connectivity index (χ0) is 12.6. The molecule has 0 atom stereocenters. The van der Waals surface area contributed by atoms with Crippen molar-refractivity contribution in [2.45, 2.75) is 19.6 Å². The molecule has 2 nitrogen and oxygen atoms in total. The van der Waals surface area contributed by atoms with Gasteiger partial charge >= 0.3 is 6.18 Å². The third-order valence-electron chi connectivity index (χ3n) is 3.01. The molecule has 0 spiro atoms. The molecule has 1 aromatic carbocycles. The zero-order valence-electron chi connectivity index (χ0n) is 9.59. The lowest BCUT2D eigenvalue weighted by atomic mass is 9.98. The minimum Gasteiger partial charge on any atom is -0.370 e. The molecule has 1 aromatic rings. The first-order valence-corrected chi connectivity index (χ1v) is 5.57. The molecule has 2 N–H and O–H groups in total. The number of alkyl halides is 3. The van der Waals surface area contributed by atoms with Gasteiger partial charge in [-0.2, -0.15) is 13.2 Å². The predicted octanol–water partition coefficient (Wildman–Crippen LogP) is 2.62. The van der Waals surface area contributed by atoms with Crippen molar-refractivity contribution in [3.8, 4) is 0 Å². The van der Waals surface area contributed by atoms with E-state index in [0.717, 1.165) is 6.07 Å². The quantitative estimate of drug-likeness (QED) is 0.866. The molecule has 1 fully saturated rings. The maximum absolute atomic E-state index is 12.9. The van der Waals surface area contributed by atoms with Crippen molar-refractivity contribution < 1.29 is 13.2 Å². The molecule has 17 heavy (non-hydrogen) atoms. The van der Waals surface area contributed by atoms with E-state index in [1.807, 2.05) is 6.92 Å². The van der Waals surface area contributed by atoms with Gasteiger partial charge in [0.05, 0.1) is 5.56 Å². The Morgan fingerprint density at radius 3 is 2.47 bits per heavy atom. The van der Waals surface area contributed by atoms with E-state index in [-0.39, 0.29) is 12.2 Å². The molecule has 0 aliphatic carbocycles. The Morgan fingerprint density at radius 2 is 2.00 bits per heavy atom. The van der Waals surface area contributed by atoms with Crippen LogP contribution in [0, 0.1) is 5.92 Å². The van der Waals surface area contributed by atoms with E-state index in [4.69, 9.17) is 5.73 Å². The van der Waals surface area contributed by atoms with E-state index >= 15 is 0 Å². The highest BCUT2D eigenvalue weighted by molar-refractivity contribution is 5.58. The summed E-state index contributed by atoms with van der Waals surface area (Å²) in [5.74, 6) is 0.463. The van der Waals surface area contributed by atoms with Gasteiger partial charge in [0.25, 0.3) is 0 Å². The fraction of sp³-hybridized carbons (Fsp3) is 0.500. The molecule has 5 heteroatoms. The van der Waals surface area contributed by atoms with E-state index in [9.17, 15) is 13.2 Å².